The van der Waals surface area contributed by atoms with Gasteiger partial charge in [0.05, 0.1) is 12.5 Å². The molecule has 1 saturated heterocycles. The topological polar surface area (TPSA) is 93.3 Å². The first-order valence-corrected chi connectivity index (χ1v) is 9.40. The zero-order valence-electron chi connectivity index (χ0n) is 16.3. The number of halogens is 2. The minimum Gasteiger partial charge on any atom is -0.492 e. The van der Waals surface area contributed by atoms with Crippen molar-refractivity contribution >= 4 is 29.0 Å². The van der Waals surface area contributed by atoms with E-state index in [1.54, 1.807) is 11.5 Å². The molecule has 1 aliphatic heterocycles. The predicted octanol–water partition coefficient (Wildman–Crippen LogP) is 2.08. The van der Waals surface area contributed by atoms with E-state index in [0.717, 1.165) is 19.3 Å². The second-order valence-electron chi connectivity index (χ2n) is 7.76. The van der Waals surface area contributed by atoms with Gasteiger partial charge in [-0.1, -0.05) is 0 Å². The van der Waals surface area contributed by atoms with Crippen LogP contribution in [0.4, 0.5) is 10.1 Å². The minimum absolute atomic E-state index is 0. The Balaban J connectivity index is 0.00000225. The standard InChI is InChI=1S/C19H25FN4O3.ClH/c1-9-13-15(24(12-4-5-12)19(26)22-18(13)25)17(27-3)16(14(9)20)23-7-6-11(8-23)10(2)21;/h10-12H,4-8,21H2,1-3H3,(H,22,25,26);1H/t10-,11+;/m1./s1. The highest BCUT2D eigenvalue weighted by molar-refractivity contribution is 5.93. The van der Waals surface area contributed by atoms with E-state index in [2.05, 4.69) is 4.98 Å². The number of H-pyrrole nitrogens is 1. The number of nitrogens with two attached hydrogens (primary N) is 1. The van der Waals surface area contributed by atoms with Gasteiger partial charge in [-0.05, 0) is 39.0 Å². The Hall–Kier alpha value is -2.06. The van der Waals surface area contributed by atoms with E-state index in [4.69, 9.17) is 10.5 Å². The largest absolute Gasteiger partial charge is 0.492 e. The number of aryl methyl sites for hydroxylation is 1. The molecule has 4 rings (SSSR count). The molecule has 3 N–H and O–H groups in total. The van der Waals surface area contributed by atoms with E-state index in [1.807, 2.05) is 11.8 Å². The van der Waals surface area contributed by atoms with E-state index < -0.39 is 17.1 Å². The first-order valence-electron chi connectivity index (χ1n) is 9.40. The molecule has 1 aliphatic carbocycles. The molecule has 0 radical (unpaired) electrons. The monoisotopic (exact) mass is 412 g/mol. The van der Waals surface area contributed by atoms with Gasteiger partial charge < -0.3 is 15.4 Å². The summed E-state index contributed by atoms with van der Waals surface area (Å²) in [5.41, 5.74) is 5.94. The van der Waals surface area contributed by atoms with Crippen molar-refractivity contribution in [2.45, 2.75) is 45.2 Å². The van der Waals surface area contributed by atoms with Gasteiger partial charge in [-0.15, -0.1) is 12.4 Å². The lowest BCUT2D eigenvalue weighted by Crippen LogP contribution is -2.32. The van der Waals surface area contributed by atoms with Crippen molar-refractivity contribution in [2.75, 3.05) is 25.1 Å². The van der Waals surface area contributed by atoms with Crippen LogP contribution in [-0.4, -0.2) is 35.8 Å². The molecule has 28 heavy (non-hydrogen) atoms. The van der Waals surface area contributed by atoms with Crippen molar-refractivity contribution in [1.29, 1.82) is 0 Å². The van der Waals surface area contributed by atoms with Crippen molar-refractivity contribution in [3.05, 3.63) is 32.2 Å². The van der Waals surface area contributed by atoms with Gasteiger partial charge in [-0.25, -0.2) is 9.18 Å². The van der Waals surface area contributed by atoms with Gasteiger partial charge in [0.2, 0.25) is 0 Å². The number of hydrogen-bond acceptors (Lipinski definition) is 5. The first kappa shape index (κ1) is 20.7. The highest BCUT2D eigenvalue weighted by Gasteiger charge is 2.35. The third-order valence-corrected chi connectivity index (χ3v) is 5.89. The number of ether oxygens (including phenoxy) is 1. The molecule has 2 heterocycles. The molecule has 0 spiro atoms. The summed E-state index contributed by atoms with van der Waals surface area (Å²) in [6.07, 6.45) is 2.57. The lowest BCUT2D eigenvalue weighted by Gasteiger charge is -2.26. The van der Waals surface area contributed by atoms with Gasteiger partial charge in [-0.2, -0.15) is 0 Å². The van der Waals surface area contributed by atoms with Gasteiger partial charge in [-0.3, -0.25) is 14.3 Å². The molecule has 2 aliphatic rings. The van der Waals surface area contributed by atoms with Gasteiger partial charge >= 0.3 is 5.69 Å². The van der Waals surface area contributed by atoms with E-state index >= 15 is 4.39 Å². The summed E-state index contributed by atoms with van der Waals surface area (Å²) in [7, 11) is 1.45. The summed E-state index contributed by atoms with van der Waals surface area (Å²) in [4.78, 5) is 29.3. The molecule has 0 amide bonds. The van der Waals surface area contributed by atoms with Crippen LogP contribution in [0.3, 0.4) is 0 Å². The summed E-state index contributed by atoms with van der Waals surface area (Å²) in [5, 5.41) is 0.183. The Morgan fingerprint density at radius 1 is 1.29 bits per heavy atom. The predicted molar refractivity (Wildman–Crippen MR) is 110 cm³/mol. The minimum atomic E-state index is -0.581. The number of rotatable bonds is 4. The van der Waals surface area contributed by atoms with Crippen LogP contribution >= 0.6 is 12.4 Å². The van der Waals surface area contributed by atoms with Crippen molar-refractivity contribution in [3.8, 4) is 5.75 Å². The van der Waals surface area contributed by atoms with Crippen LogP contribution in [-0.2, 0) is 0 Å². The SMILES string of the molecule is COc1c(N2CC[C@H]([C@@H](C)N)C2)c(F)c(C)c2c(=O)[nH]c(=O)n(C3CC3)c12.Cl. The molecular formula is C19H26ClFN4O3. The maximum Gasteiger partial charge on any atom is 0.329 e. The average Bonchev–Trinajstić information content (AvgIpc) is 3.32. The van der Waals surface area contributed by atoms with Gasteiger partial charge in [0.25, 0.3) is 5.56 Å². The number of nitrogens with zero attached hydrogens (tertiary/aromatic N) is 2. The smallest absolute Gasteiger partial charge is 0.329 e. The van der Waals surface area contributed by atoms with Gasteiger partial charge in [0.1, 0.15) is 11.2 Å². The summed E-state index contributed by atoms with van der Waals surface area (Å²) >= 11 is 0. The maximum atomic E-state index is 15.4. The van der Waals surface area contributed by atoms with Gasteiger partial charge in [0, 0.05) is 30.7 Å². The lowest BCUT2D eigenvalue weighted by atomic mass is 10.0. The molecule has 1 aromatic heterocycles. The molecule has 2 atom stereocenters. The van der Waals surface area contributed by atoms with Gasteiger partial charge in [0.15, 0.2) is 11.6 Å². The fourth-order valence-corrected chi connectivity index (χ4v) is 4.20. The molecule has 9 heteroatoms. The number of methoxy groups -OCH3 is 1. The zero-order valence-corrected chi connectivity index (χ0v) is 17.1. The summed E-state index contributed by atoms with van der Waals surface area (Å²) in [6, 6.07) is 0.0250. The number of fused-ring (bicyclic) bond motifs is 1. The second kappa shape index (κ2) is 7.40. The van der Waals surface area contributed by atoms with Crippen LogP contribution in [0.15, 0.2) is 9.59 Å². The Labute approximate surface area is 168 Å². The Morgan fingerprint density at radius 3 is 2.50 bits per heavy atom. The highest BCUT2D eigenvalue weighted by atomic mass is 35.5. The normalized spacial score (nSPS) is 20.3. The van der Waals surface area contributed by atoms with E-state index in [-0.39, 0.29) is 47.1 Å². The van der Waals surface area contributed by atoms with E-state index in [0.29, 0.717) is 24.3 Å². The number of aromatic amines is 1. The number of anilines is 1. The maximum absolute atomic E-state index is 15.4. The summed E-state index contributed by atoms with van der Waals surface area (Å²) in [5.74, 6) is 0.0413. The third-order valence-electron chi connectivity index (χ3n) is 5.89. The molecule has 1 saturated carbocycles. The average molecular weight is 413 g/mol. The fourth-order valence-electron chi connectivity index (χ4n) is 4.20. The molecule has 154 valence electrons. The summed E-state index contributed by atoms with van der Waals surface area (Å²) < 4.78 is 22.6. The van der Waals surface area contributed by atoms with Crippen LogP contribution in [0.25, 0.3) is 10.9 Å². The van der Waals surface area contributed by atoms with E-state index in [9.17, 15) is 9.59 Å². The van der Waals surface area contributed by atoms with Crippen LogP contribution < -0.4 is 26.6 Å². The number of nitrogens with one attached hydrogen (secondary N) is 1. The van der Waals surface area contributed by atoms with Crippen molar-refractivity contribution in [2.24, 2.45) is 11.7 Å². The molecule has 2 fully saturated rings. The van der Waals surface area contributed by atoms with Crippen LogP contribution in [0.5, 0.6) is 5.75 Å². The lowest BCUT2D eigenvalue weighted by molar-refractivity contribution is 0.412. The zero-order chi connectivity index (χ0) is 19.5. The Bertz CT molecular complexity index is 1030. The number of aromatic nitrogens is 2. The molecule has 0 unspecified atom stereocenters. The molecular weight excluding hydrogens is 387 g/mol. The highest BCUT2D eigenvalue weighted by Crippen LogP contribution is 2.44. The second-order valence-corrected chi connectivity index (χ2v) is 7.76. The molecule has 0 bridgehead atoms. The van der Waals surface area contributed by atoms with E-state index in [1.165, 1.54) is 7.11 Å². The number of hydrogen-bond donors (Lipinski definition) is 2. The number of benzene rings is 1. The third kappa shape index (κ3) is 3.08. The van der Waals surface area contributed by atoms with Crippen LogP contribution in [0, 0.1) is 18.7 Å². The van der Waals surface area contributed by atoms with Crippen molar-refractivity contribution in [1.82, 2.24) is 9.55 Å². The van der Waals surface area contributed by atoms with Crippen molar-refractivity contribution < 1.29 is 9.13 Å². The Morgan fingerprint density at radius 2 is 1.96 bits per heavy atom. The Kier molecular flexibility index (Phi) is 5.46. The quantitative estimate of drug-likeness (QED) is 0.801. The van der Waals surface area contributed by atoms with Crippen LogP contribution in [0.2, 0.25) is 0 Å². The molecule has 1 aromatic carbocycles. The van der Waals surface area contributed by atoms with Crippen molar-refractivity contribution in [3.63, 3.8) is 0 Å². The fraction of sp³-hybridized carbons (Fsp3) is 0.579. The first-order chi connectivity index (χ1) is 12.8. The molecule has 2 aromatic rings. The molecule has 7 nitrogen and oxygen atoms in total. The van der Waals surface area contributed by atoms with Crippen LogP contribution in [0.1, 0.15) is 37.8 Å². The summed E-state index contributed by atoms with van der Waals surface area (Å²) in [6.45, 7) is 4.81.